The molecular weight excluding hydrogens is 221 g/mol. The summed E-state index contributed by atoms with van der Waals surface area (Å²) in [6, 6.07) is 6.72. The van der Waals surface area contributed by atoms with E-state index in [1.165, 1.54) is 17.0 Å². The molecule has 1 unspecified atom stereocenters. The third-order valence-electron chi connectivity index (χ3n) is 2.66. The summed E-state index contributed by atoms with van der Waals surface area (Å²) in [5.74, 6) is -0.224. The number of thiophene rings is 1. The molecule has 84 valence electrons. The maximum absolute atomic E-state index is 13.3. The molecule has 1 nitrogen and oxygen atoms in total. The van der Waals surface area contributed by atoms with Crippen molar-refractivity contribution in [3.05, 3.63) is 57.0 Å². The Morgan fingerprint density at radius 3 is 2.56 bits per heavy atom. The van der Waals surface area contributed by atoms with Crippen LogP contribution in [-0.2, 0) is 0 Å². The summed E-state index contributed by atoms with van der Waals surface area (Å²) < 4.78 is 13.3. The van der Waals surface area contributed by atoms with Crippen molar-refractivity contribution in [1.29, 1.82) is 0 Å². The van der Waals surface area contributed by atoms with Gasteiger partial charge in [-0.1, -0.05) is 6.07 Å². The predicted octanol–water partition coefficient (Wildman–Crippen LogP) is 3.55. The summed E-state index contributed by atoms with van der Waals surface area (Å²) in [5, 5.41) is 2.01. The molecular formula is C13H14FNS. The largest absolute Gasteiger partial charge is 0.320 e. The Morgan fingerprint density at radius 2 is 2.00 bits per heavy atom. The lowest BCUT2D eigenvalue weighted by molar-refractivity contribution is 0.622. The molecule has 0 bridgehead atoms. The fourth-order valence-electron chi connectivity index (χ4n) is 1.84. The van der Waals surface area contributed by atoms with Crippen molar-refractivity contribution >= 4 is 11.3 Å². The van der Waals surface area contributed by atoms with Crippen LogP contribution in [0.4, 0.5) is 4.39 Å². The van der Waals surface area contributed by atoms with Crippen molar-refractivity contribution < 1.29 is 4.39 Å². The van der Waals surface area contributed by atoms with Crippen molar-refractivity contribution in [3.8, 4) is 0 Å². The molecule has 1 aromatic carbocycles. The second-order valence-corrected chi connectivity index (χ2v) is 5.09. The lowest BCUT2D eigenvalue weighted by Gasteiger charge is -2.13. The van der Waals surface area contributed by atoms with E-state index in [2.05, 4.69) is 0 Å². The third-order valence-corrected chi connectivity index (χ3v) is 3.52. The van der Waals surface area contributed by atoms with Crippen LogP contribution in [0.1, 0.15) is 27.6 Å². The zero-order chi connectivity index (χ0) is 11.7. The normalized spacial score (nSPS) is 12.8. The number of benzene rings is 1. The van der Waals surface area contributed by atoms with E-state index in [9.17, 15) is 4.39 Å². The molecule has 0 aliphatic heterocycles. The molecule has 16 heavy (non-hydrogen) atoms. The lowest BCUT2D eigenvalue weighted by Crippen LogP contribution is -2.12. The first-order valence-corrected chi connectivity index (χ1v) is 6.02. The molecule has 1 aromatic heterocycles. The number of nitrogens with two attached hydrogens (primary N) is 1. The zero-order valence-corrected chi connectivity index (χ0v) is 10.1. The average Bonchev–Trinajstić information content (AvgIpc) is 2.62. The Hall–Kier alpha value is -1.19. The molecule has 2 aromatic rings. The van der Waals surface area contributed by atoms with Crippen molar-refractivity contribution in [2.75, 3.05) is 0 Å². The van der Waals surface area contributed by atoms with Crippen LogP contribution in [0.15, 0.2) is 29.6 Å². The van der Waals surface area contributed by atoms with Gasteiger partial charge < -0.3 is 5.73 Å². The molecule has 0 aliphatic carbocycles. The van der Waals surface area contributed by atoms with E-state index in [0.29, 0.717) is 0 Å². The molecule has 1 atom stereocenters. The first-order chi connectivity index (χ1) is 7.58. The molecule has 1 heterocycles. The number of hydrogen-bond acceptors (Lipinski definition) is 2. The third kappa shape index (κ3) is 2.15. The highest BCUT2D eigenvalue weighted by Crippen LogP contribution is 2.27. The van der Waals surface area contributed by atoms with Crippen LogP contribution in [0.5, 0.6) is 0 Å². The molecule has 0 radical (unpaired) electrons. The topological polar surface area (TPSA) is 26.0 Å². The second-order valence-electron chi connectivity index (χ2n) is 3.97. The van der Waals surface area contributed by atoms with Crippen molar-refractivity contribution in [1.82, 2.24) is 0 Å². The van der Waals surface area contributed by atoms with Crippen molar-refractivity contribution in [3.63, 3.8) is 0 Å². The number of aryl methyl sites for hydroxylation is 2. The molecule has 0 spiro atoms. The number of hydrogen-bond donors (Lipinski definition) is 1. The van der Waals surface area contributed by atoms with Gasteiger partial charge in [-0.2, -0.15) is 0 Å². The van der Waals surface area contributed by atoms with Gasteiger partial charge in [-0.3, -0.25) is 0 Å². The van der Waals surface area contributed by atoms with Crippen LogP contribution in [0.25, 0.3) is 0 Å². The van der Waals surface area contributed by atoms with E-state index in [4.69, 9.17) is 5.73 Å². The predicted molar refractivity (Wildman–Crippen MR) is 66.2 cm³/mol. The van der Waals surface area contributed by atoms with Gasteiger partial charge in [0, 0.05) is 4.88 Å². The monoisotopic (exact) mass is 235 g/mol. The van der Waals surface area contributed by atoms with Gasteiger partial charge in [0.1, 0.15) is 5.82 Å². The highest BCUT2D eigenvalue weighted by atomic mass is 32.1. The van der Waals surface area contributed by atoms with E-state index in [1.807, 2.05) is 31.4 Å². The van der Waals surface area contributed by atoms with Gasteiger partial charge in [0.15, 0.2) is 0 Å². The van der Waals surface area contributed by atoms with Gasteiger partial charge in [0.25, 0.3) is 0 Å². The Labute approximate surface area is 98.7 Å². The summed E-state index contributed by atoms with van der Waals surface area (Å²) in [5.41, 5.74) is 8.95. The first-order valence-electron chi connectivity index (χ1n) is 5.14. The van der Waals surface area contributed by atoms with Crippen molar-refractivity contribution in [2.24, 2.45) is 5.73 Å². The van der Waals surface area contributed by atoms with Gasteiger partial charge >= 0.3 is 0 Å². The minimum absolute atomic E-state index is 0.224. The van der Waals surface area contributed by atoms with E-state index in [0.717, 1.165) is 16.7 Å². The Balaban J connectivity index is 2.41. The van der Waals surface area contributed by atoms with Crippen LogP contribution >= 0.6 is 11.3 Å². The Kier molecular flexibility index (Phi) is 3.08. The molecule has 2 rings (SSSR count). The molecule has 0 saturated heterocycles. The number of rotatable bonds is 2. The van der Waals surface area contributed by atoms with E-state index >= 15 is 0 Å². The molecule has 0 aliphatic rings. The fraction of sp³-hybridized carbons (Fsp3) is 0.231. The van der Waals surface area contributed by atoms with Crippen molar-refractivity contribution in [2.45, 2.75) is 19.9 Å². The van der Waals surface area contributed by atoms with Crippen LogP contribution in [0, 0.1) is 19.7 Å². The van der Waals surface area contributed by atoms with Gasteiger partial charge in [-0.05, 0) is 54.1 Å². The summed E-state index contributed by atoms with van der Waals surface area (Å²) in [4.78, 5) is 1.19. The fourth-order valence-corrected chi connectivity index (χ4v) is 2.59. The first kappa shape index (κ1) is 11.3. The van der Waals surface area contributed by atoms with Crippen LogP contribution in [-0.4, -0.2) is 0 Å². The molecule has 3 heteroatoms. The SMILES string of the molecule is Cc1cc(F)cc(C(N)c2ccsc2C)c1. The number of halogens is 1. The maximum atomic E-state index is 13.3. The van der Waals surface area contributed by atoms with E-state index in [1.54, 1.807) is 11.3 Å². The minimum atomic E-state index is -0.236. The van der Waals surface area contributed by atoms with Crippen LogP contribution in [0.2, 0.25) is 0 Å². The highest BCUT2D eigenvalue weighted by Gasteiger charge is 2.13. The second kappa shape index (κ2) is 4.36. The van der Waals surface area contributed by atoms with Gasteiger partial charge in [-0.25, -0.2) is 4.39 Å². The summed E-state index contributed by atoms with van der Waals surface area (Å²) >= 11 is 1.66. The lowest BCUT2D eigenvalue weighted by atomic mass is 9.99. The molecule has 0 fully saturated rings. The molecule has 0 saturated carbocycles. The minimum Gasteiger partial charge on any atom is -0.320 e. The summed E-state index contributed by atoms with van der Waals surface area (Å²) in [7, 11) is 0. The van der Waals surface area contributed by atoms with Gasteiger partial charge in [-0.15, -0.1) is 11.3 Å². The maximum Gasteiger partial charge on any atom is 0.123 e. The Morgan fingerprint density at radius 1 is 1.25 bits per heavy atom. The van der Waals surface area contributed by atoms with Gasteiger partial charge in [0.2, 0.25) is 0 Å². The van der Waals surface area contributed by atoms with E-state index < -0.39 is 0 Å². The zero-order valence-electron chi connectivity index (χ0n) is 9.33. The van der Waals surface area contributed by atoms with Gasteiger partial charge in [0.05, 0.1) is 6.04 Å². The highest BCUT2D eigenvalue weighted by molar-refractivity contribution is 7.10. The smallest absolute Gasteiger partial charge is 0.123 e. The standard InChI is InChI=1S/C13H14FNS/c1-8-5-10(7-11(14)6-8)13(15)12-3-4-16-9(12)2/h3-7,13H,15H2,1-2H3. The summed E-state index contributed by atoms with van der Waals surface area (Å²) in [6.07, 6.45) is 0. The van der Waals surface area contributed by atoms with Crippen LogP contribution in [0.3, 0.4) is 0 Å². The van der Waals surface area contributed by atoms with Crippen LogP contribution < -0.4 is 5.73 Å². The van der Waals surface area contributed by atoms with E-state index in [-0.39, 0.29) is 11.9 Å². The molecule has 0 amide bonds. The summed E-state index contributed by atoms with van der Waals surface area (Å²) in [6.45, 7) is 3.91. The molecule has 2 N–H and O–H groups in total. The average molecular weight is 235 g/mol. The quantitative estimate of drug-likeness (QED) is 0.846. The Bertz CT molecular complexity index is 484.